The number of piperidine rings is 1. The van der Waals surface area contributed by atoms with Gasteiger partial charge in [-0.25, -0.2) is 0 Å². The van der Waals surface area contributed by atoms with Crippen molar-refractivity contribution < 1.29 is 5.11 Å². The fraction of sp³-hybridized carbons (Fsp3) is 0.462. The van der Waals surface area contributed by atoms with Crippen LogP contribution in [-0.4, -0.2) is 29.3 Å². The molecule has 1 aliphatic heterocycles. The van der Waals surface area contributed by atoms with Gasteiger partial charge in [0.2, 0.25) is 0 Å². The van der Waals surface area contributed by atoms with E-state index >= 15 is 0 Å². The monoisotopic (exact) mass is 284 g/mol. The number of nitrogens with zero attached hydrogens (tertiary/aromatic N) is 1. The van der Waals surface area contributed by atoms with E-state index in [1.54, 1.807) is 6.07 Å². The Morgan fingerprint density at radius 1 is 1.56 bits per heavy atom. The fourth-order valence-corrected chi connectivity index (χ4v) is 2.58. The molecule has 0 amide bonds. The number of aliphatic hydroxyl groups excluding tert-OH is 1. The smallest absolute Gasteiger partial charge is 0.106 e. The van der Waals surface area contributed by atoms with E-state index < -0.39 is 0 Å². The lowest BCUT2D eigenvalue weighted by molar-refractivity contribution is 0.103. The molecule has 0 spiro atoms. The van der Waals surface area contributed by atoms with Gasteiger partial charge in [0.1, 0.15) is 4.99 Å². The van der Waals surface area contributed by atoms with Gasteiger partial charge in [0.15, 0.2) is 0 Å². The van der Waals surface area contributed by atoms with Crippen molar-refractivity contribution in [3.8, 4) is 0 Å². The zero-order valence-electron chi connectivity index (χ0n) is 10.3. The number of rotatable bonds is 2. The van der Waals surface area contributed by atoms with Crippen molar-refractivity contribution in [3.63, 3.8) is 0 Å². The molecule has 0 aromatic heterocycles. The van der Waals surface area contributed by atoms with Crippen molar-refractivity contribution in [2.45, 2.75) is 19.4 Å². The summed E-state index contributed by atoms with van der Waals surface area (Å²) in [7, 11) is 0. The highest BCUT2D eigenvalue weighted by atomic mass is 35.5. The zero-order chi connectivity index (χ0) is 13.3. The van der Waals surface area contributed by atoms with Gasteiger partial charge in [0, 0.05) is 29.4 Å². The van der Waals surface area contributed by atoms with Crippen molar-refractivity contribution in [1.82, 2.24) is 0 Å². The van der Waals surface area contributed by atoms with Gasteiger partial charge in [-0.1, -0.05) is 30.7 Å². The third-order valence-corrected chi connectivity index (χ3v) is 3.94. The molecule has 2 atom stereocenters. The maximum atomic E-state index is 9.97. The topological polar surface area (TPSA) is 49.5 Å². The molecule has 0 aliphatic carbocycles. The Hall–Kier alpha value is -0.840. The minimum Gasteiger partial charge on any atom is -0.391 e. The lowest BCUT2D eigenvalue weighted by atomic mass is 9.95. The lowest BCUT2D eigenvalue weighted by Crippen LogP contribution is -2.43. The third-order valence-electron chi connectivity index (χ3n) is 3.48. The van der Waals surface area contributed by atoms with Crippen molar-refractivity contribution in [1.29, 1.82) is 0 Å². The first kappa shape index (κ1) is 13.6. The van der Waals surface area contributed by atoms with Crippen LogP contribution in [0.3, 0.4) is 0 Å². The second-order valence-corrected chi connectivity index (χ2v) is 5.68. The van der Waals surface area contributed by atoms with Crippen LogP contribution >= 0.6 is 23.8 Å². The minimum absolute atomic E-state index is 0.322. The molecule has 1 aromatic rings. The average molecular weight is 285 g/mol. The van der Waals surface area contributed by atoms with Crippen LogP contribution in [0, 0.1) is 5.92 Å². The van der Waals surface area contributed by atoms with Gasteiger partial charge in [0.25, 0.3) is 0 Å². The maximum absolute atomic E-state index is 9.97. The first-order chi connectivity index (χ1) is 8.49. The molecule has 0 radical (unpaired) electrons. The van der Waals surface area contributed by atoms with E-state index in [2.05, 4.69) is 11.8 Å². The first-order valence-corrected chi connectivity index (χ1v) is 6.80. The predicted octanol–water partition coefficient (Wildman–Crippen LogP) is 2.18. The number of β-amino-alcohol motifs (C(OH)–C–C–N with tert-alkyl or cyclic N) is 1. The van der Waals surface area contributed by atoms with Crippen molar-refractivity contribution >= 4 is 34.5 Å². The number of nitrogens with two attached hydrogens (primary N) is 1. The Balaban J connectivity index is 2.32. The number of aliphatic hydroxyl groups is 1. The Kier molecular flexibility index (Phi) is 4.10. The summed E-state index contributed by atoms with van der Waals surface area (Å²) < 4.78 is 0. The quantitative estimate of drug-likeness (QED) is 0.818. The third kappa shape index (κ3) is 2.76. The number of hydrogen-bond donors (Lipinski definition) is 2. The van der Waals surface area contributed by atoms with Gasteiger partial charge >= 0.3 is 0 Å². The molecule has 2 rings (SSSR count). The molecule has 2 unspecified atom stereocenters. The Bertz CT molecular complexity index is 466. The molecular weight excluding hydrogens is 268 g/mol. The van der Waals surface area contributed by atoms with Crippen LogP contribution in [0.4, 0.5) is 5.69 Å². The van der Waals surface area contributed by atoms with Gasteiger partial charge in [-0.2, -0.15) is 0 Å². The summed E-state index contributed by atoms with van der Waals surface area (Å²) in [4.78, 5) is 2.46. The number of anilines is 1. The summed E-state index contributed by atoms with van der Waals surface area (Å²) in [6, 6.07) is 5.48. The second kappa shape index (κ2) is 5.43. The van der Waals surface area contributed by atoms with Gasteiger partial charge in [-0.3, -0.25) is 0 Å². The fourth-order valence-electron chi connectivity index (χ4n) is 2.24. The Labute approximate surface area is 118 Å². The SMILES string of the molecule is CC1CCN(c2cc(Cl)ccc2C(N)=S)CC1O. The molecule has 0 saturated carbocycles. The van der Waals surface area contributed by atoms with Gasteiger partial charge in [0.05, 0.1) is 6.10 Å². The Morgan fingerprint density at radius 2 is 2.28 bits per heavy atom. The van der Waals surface area contributed by atoms with E-state index in [1.807, 2.05) is 12.1 Å². The molecule has 3 N–H and O–H groups in total. The van der Waals surface area contributed by atoms with Crippen molar-refractivity contribution in [2.75, 3.05) is 18.0 Å². The first-order valence-electron chi connectivity index (χ1n) is 6.01. The molecule has 1 fully saturated rings. The molecule has 5 heteroatoms. The average Bonchev–Trinajstić information content (AvgIpc) is 2.32. The number of hydrogen-bond acceptors (Lipinski definition) is 3. The normalized spacial score (nSPS) is 24.1. The standard InChI is InChI=1S/C13H17ClN2OS/c1-8-4-5-16(7-12(8)17)11-6-9(14)2-3-10(11)13(15)18/h2-3,6,8,12,17H,4-5,7H2,1H3,(H2,15,18). The highest BCUT2D eigenvalue weighted by Crippen LogP contribution is 2.29. The summed E-state index contributed by atoms with van der Waals surface area (Å²) in [5.41, 5.74) is 7.47. The molecule has 1 heterocycles. The Morgan fingerprint density at radius 3 is 2.89 bits per heavy atom. The van der Waals surface area contributed by atoms with Crippen molar-refractivity contribution in [2.24, 2.45) is 11.7 Å². The zero-order valence-corrected chi connectivity index (χ0v) is 11.8. The summed E-state index contributed by atoms with van der Waals surface area (Å²) in [5, 5.41) is 10.6. The predicted molar refractivity (Wildman–Crippen MR) is 79.3 cm³/mol. The van der Waals surface area contributed by atoms with Crippen LogP contribution in [0.15, 0.2) is 18.2 Å². The summed E-state index contributed by atoms with van der Waals surface area (Å²) in [6.07, 6.45) is 0.627. The molecule has 0 bridgehead atoms. The van der Waals surface area contributed by atoms with Crippen molar-refractivity contribution in [3.05, 3.63) is 28.8 Å². The highest BCUT2D eigenvalue weighted by Gasteiger charge is 2.26. The van der Waals surface area contributed by atoms with Crippen LogP contribution in [0.2, 0.25) is 5.02 Å². The molecular formula is C13H17ClN2OS. The molecule has 1 saturated heterocycles. The number of halogens is 1. The van der Waals surface area contributed by atoms with E-state index in [0.29, 0.717) is 22.5 Å². The van der Waals surface area contributed by atoms with Gasteiger partial charge in [-0.15, -0.1) is 0 Å². The largest absolute Gasteiger partial charge is 0.391 e. The van der Waals surface area contributed by atoms with E-state index in [9.17, 15) is 5.11 Å². The minimum atomic E-state index is -0.322. The summed E-state index contributed by atoms with van der Waals surface area (Å²) in [6.45, 7) is 3.54. The van der Waals surface area contributed by atoms with E-state index in [1.165, 1.54) is 0 Å². The van der Waals surface area contributed by atoms with Crippen LogP contribution in [-0.2, 0) is 0 Å². The van der Waals surface area contributed by atoms with Crippen LogP contribution in [0.1, 0.15) is 18.9 Å². The molecule has 1 aliphatic rings. The highest BCUT2D eigenvalue weighted by molar-refractivity contribution is 7.80. The van der Waals surface area contributed by atoms with Crippen LogP contribution in [0.5, 0.6) is 0 Å². The molecule has 98 valence electrons. The van der Waals surface area contributed by atoms with E-state index in [0.717, 1.165) is 24.2 Å². The van der Waals surface area contributed by atoms with Crippen LogP contribution < -0.4 is 10.6 Å². The second-order valence-electron chi connectivity index (χ2n) is 4.81. The van der Waals surface area contributed by atoms with Gasteiger partial charge < -0.3 is 15.7 Å². The maximum Gasteiger partial charge on any atom is 0.106 e. The summed E-state index contributed by atoms with van der Waals surface area (Å²) in [5.74, 6) is 0.328. The van der Waals surface area contributed by atoms with Crippen LogP contribution in [0.25, 0.3) is 0 Å². The molecule has 1 aromatic carbocycles. The number of benzene rings is 1. The number of thiocarbonyl (C=S) groups is 1. The lowest BCUT2D eigenvalue weighted by Gasteiger charge is -2.36. The molecule has 18 heavy (non-hydrogen) atoms. The van der Waals surface area contributed by atoms with E-state index in [-0.39, 0.29) is 6.10 Å². The van der Waals surface area contributed by atoms with E-state index in [4.69, 9.17) is 29.6 Å². The molecule has 3 nitrogen and oxygen atoms in total. The summed E-state index contributed by atoms with van der Waals surface area (Å²) >= 11 is 11.1. The van der Waals surface area contributed by atoms with Gasteiger partial charge in [-0.05, 0) is 30.5 Å².